The van der Waals surface area contributed by atoms with Crippen LogP contribution in [0.25, 0.3) is 5.82 Å². The lowest BCUT2D eigenvalue weighted by Crippen LogP contribution is -2.26. The van der Waals surface area contributed by atoms with Gasteiger partial charge in [0.1, 0.15) is 0 Å². The number of hydrogen-bond acceptors (Lipinski definition) is 4. The van der Waals surface area contributed by atoms with Gasteiger partial charge >= 0.3 is 6.18 Å². The number of nitrogens with zero attached hydrogens (tertiary/aromatic N) is 3. The van der Waals surface area contributed by atoms with E-state index in [9.17, 15) is 18.0 Å². The zero-order valence-electron chi connectivity index (χ0n) is 15.5. The zero-order valence-corrected chi connectivity index (χ0v) is 15.5. The molecule has 0 fully saturated rings. The highest BCUT2D eigenvalue weighted by molar-refractivity contribution is 5.95. The molecule has 0 saturated heterocycles. The third kappa shape index (κ3) is 5.78. The third-order valence-corrected chi connectivity index (χ3v) is 3.75. The van der Waals surface area contributed by atoms with Gasteiger partial charge in [0.2, 0.25) is 0 Å². The first-order chi connectivity index (χ1) is 12.7. The molecule has 0 aliphatic rings. The summed E-state index contributed by atoms with van der Waals surface area (Å²) in [5, 5.41) is 6.84. The number of nitrogens with one attached hydrogen (secondary N) is 1. The van der Waals surface area contributed by atoms with Crippen LogP contribution in [-0.2, 0) is 10.9 Å². The Hall–Kier alpha value is -2.42. The Balaban J connectivity index is 1.95. The first kappa shape index (κ1) is 20.9. The monoisotopic (exact) mass is 384 g/mol. The molecule has 0 aliphatic heterocycles. The number of carbonyl (C=O) groups excluding carboxylic acids is 1. The molecule has 0 radical (unpaired) electrons. The van der Waals surface area contributed by atoms with Gasteiger partial charge in [0.05, 0.1) is 23.0 Å². The van der Waals surface area contributed by atoms with Crippen LogP contribution in [0.5, 0.6) is 0 Å². The van der Waals surface area contributed by atoms with Crippen LogP contribution in [0.1, 0.15) is 41.9 Å². The highest BCUT2D eigenvalue weighted by Gasteiger charge is 2.30. The van der Waals surface area contributed by atoms with E-state index < -0.39 is 11.7 Å². The van der Waals surface area contributed by atoms with Crippen LogP contribution in [0.2, 0.25) is 0 Å². The lowest BCUT2D eigenvalue weighted by Gasteiger charge is -2.09. The van der Waals surface area contributed by atoms with Crippen LogP contribution >= 0.6 is 0 Å². The molecule has 0 aliphatic carbocycles. The summed E-state index contributed by atoms with van der Waals surface area (Å²) < 4.78 is 44.6. The fourth-order valence-electron chi connectivity index (χ4n) is 2.33. The van der Waals surface area contributed by atoms with Crippen LogP contribution in [0, 0.1) is 12.8 Å². The fourth-order valence-corrected chi connectivity index (χ4v) is 2.33. The number of ether oxygens (including phenoxy) is 1. The Kier molecular flexibility index (Phi) is 6.95. The summed E-state index contributed by atoms with van der Waals surface area (Å²) in [6.07, 6.45) is -1.65. The second-order valence-corrected chi connectivity index (χ2v) is 6.54. The van der Waals surface area contributed by atoms with Gasteiger partial charge in [0.15, 0.2) is 5.82 Å². The number of amides is 1. The molecular weight excluding hydrogens is 361 g/mol. The molecule has 2 aromatic heterocycles. The molecule has 1 N–H and O–H groups in total. The second kappa shape index (κ2) is 8.98. The molecule has 9 heteroatoms. The van der Waals surface area contributed by atoms with Crippen molar-refractivity contribution in [1.82, 2.24) is 20.1 Å². The Bertz CT molecular complexity index is 755. The maximum atomic E-state index is 12.6. The Morgan fingerprint density at radius 3 is 2.63 bits per heavy atom. The number of rotatable bonds is 8. The number of pyridine rings is 1. The van der Waals surface area contributed by atoms with E-state index in [0.29, 0.717) is 43.4 Å². The van der Waals surface area contributed by atoms with Crippen molar-refractivity contribution in [3.8, 4) is 5.82 Å². The minimum atomic E-state index is -4.45. The minimum absolute atomic E-state index is 0.210. The first-order valence-electron chi connectivity index (χ1n) is 8.64. The third-order valence-electron chi connectivity index (χ3n) is 3.75. The molecule has 27 heavy (non-hydrogen) atoms. The Morgan fingerprint density at radius 2 is 2.04 bits per heavy atom. The number of halogens is 3. The smallest absolute Gasteiger partial charge is 0.381 e. The predicted octanol–water partition coefficient (Wildman–Crippen LogP) is 3.39. The topological polar surface area (TPSA) is 69.0 Å². The molecule has 6 nitrogen and oxygen atoms in total. The molecular formula is C18H23F3N4O2. The Labute approximate surface area is 155 Å². The molecule has 0 aromatic carbocycles. The highest BCUT2D eigenvalue weighted by atomic mass is 19.4. The van der Waals surface area contributed by atoms with Gasteiger partial charge in [0.25, 0.3) is 5.91 Å². The van der Waals surface area contributed by atoms with Gasteiger partial charge in [-0.05, 0) is 31.4 Å². The van der Waals surface area contributed by atoms with Crippen molar-refractivity contribution in [2.24, 2.45) is 5.92 Å². The van der Waals surface area contributed by atoms with Gasteiger partial charge in [-0.25, -0.2) is 9.67 Å². The SMILES string of the molecule is Cc1c(C(=O)NCCCOCC(C)C)cnn1-c1ccc(C(F)(F)F)cn1. The molecule has 0 bridgehead atoms. The maximum absolute atomic E-state index is 12.6. The highest BCUT2D eigenvalue weighted by Crippen LogP contribution is 2.28. The standard InChI is InChI=1S/C18H23F3N4O2/c1-12(2)11-27-8-4-7-22-17(26)15-10-24-25(13(15)3)16-6-5-14(9-23-16)18(19,20)21/h5-6,9-10,12H,4,7-8,11H2,1-3H3,(H,22,26). The van der Waals surface area contributed by atoms with Crippen molar-refractivity contribution in [1.29, 1.82) is 0 Å². The number of hydrogen-bond donors (Lipinski definition) is 1. The number of alkyl halides is 3. The zero-order chi connectivity index (χ0) is 20.0. The fraction of sp³-hybridized carbons (Fsp3) is 0.500. The van der Waals surface area contributed by atoms with Crippen LogP contribution < -0.4 is 5.32 Å². The molecule has 2 heterocycles. The van der Waals surface area contributed by atoms with Gasteiger partial charge in [0, 0.05) is 26.0 Å². The van der Waals surface area contributed by atoms with E-state index in [1.54, 1.807) is 6.92 Å². The summed E-state index contributed by atoms with van der Waals surface area (Å²) in [6, 6.07) is 2.15. The van der Waals surface area contributed by atoms with E-state index in [1.165, 1.54) is 16.9 Å². The Morgan fingerprint density at radius 1 is 1.30 bits per heavy atom. The van der Waals surface area contributed by atoms with Crippen LogP contribution in [-0.4, -0.2) is 40.4 Å². The van der Waals surface area contributed by atoms with E-state index in [2.05, 4.69) is 29.2 Å². The van der Waals surface area contributed by atoms with Crippen molar-refractivity contribution in [2.75, 3.05) is 19.8 Å². The van der Waals surface area contributed by atoms with Crippen LogP contribution in [0.3, 0.4) is 0 Å². The largest absolute Gasteiger partial charge is 0.417 e. The van der Waals surface area contributed by atoms with Crippen molar-refractivity contribution in [3.63, 3.8) is 0 Å². The molecule has 1 amide bonds. The number of aromatic nitrogens is 3. The summed E-state index contributed by atoms with van der Waals surface area (Å²) in [5.41, 5.74) is 0.00400. The van der Waals surface area contributed by atoms with Gasteiger partial charge in [-0.1, -0.05) is 13.8 Å². The van der Waals surface area contributed by atoms with E-state index in [4.69, 9.17) is 4.74 Å². The van der Waals surface area contributed by atoms with Crippen molar-refractivity contribution >= 4 is 5.91 Å². The lowest BCUT2D eigenvalue weighted by molar-refractivity contribution is -0.137. The van der Waals surface area contributed by atoms with Crippen molar-refractivity contribution in [3.05, 3.63) is 41.3 Å². The molecule has 2 aromatic rings. The summed E-state index contributed by atoms with van der Waals surface area (Å²) in [6.45, 7) is 7.49. The molecule has 0 spiro atoms. The van der Waals surface area contributed by atoms with E-state index >= 15 is 0 Å². The molecule has 0 unspecified atom stereocenters. The quantitative estimate of drug-likeness (QED) is 0.709. The van der Waals surface area contributed by atoms with E-state index in [0.717, 1.165) is 12.3 Å². The van der Waals surface area contributed by atoms with Crippen LogP contribution in [0.4, 0.5) is 13.2 Å². The van der Waals surface area contributed by atoms with Crippen molar-refractivity contribution < 1.29 is 22.7 Å². The van der Waals surface area contributed by atoms with Crippen molar-refractivity contribution in [2.45, 2.75) is 33.4 Å². The second-order valence-electron chi connectivity index (χ2n) is 6.54. The van der Waals surface area contributed by atoms with Gasteiger partial charge < -0.3 is 10.1 Å². The van der Waals surface area contributed by atoms with Gasteiger partial charge in [-0.15, -0.1) is 0 Å². The maximum Gasteiger partial charge on any atom is 0.417 e. The van der Waals surface area contributed by atoms with Gasteiger partial charge in [-0.2, -0.15) is 18.3 Å². The molecule has 0 saturated carbocycles. The van der Waals surface area contributed by atoms with E-state index in [-0.39, 0.29) is 11.7 Å². The summed E-state index contributed by atoms with van der Waals surface area (Å²) in [5.74, 6) is 0.378. The summed E-state index contributed by atoms with van der Waals surface area (Å²) in [7, 11) is 0. The average Bonchev–Trinajstić information content (AvgIpc) is 2.98. The molecule has 2 rings (SSSR count). The summed E-state index contributed by atoms with van der Waals surface area (Å²) >= 11 is 0. The summed E-state index contributed by atoms with van der Waals surface area (Å²) in [4.78, 5) is 16.1. The minimum Gasteiger partial charge on any atom is -0.381 e. The molecule has 0 atom stereocenters. The molecule has 148 valence electrons. The van der Waals surface area contributed by atoms with Crippen LogP contribution in [0.15, 0.2) is 24.5 Å². The van der Waals surface area contributed by atoms with Gasteiger partial charge in [-0.3, -0.25) is 4.79 Å². The van der Waals surface area contributed by atoms with E-state index in [1.807, 2.05) is 0 Å². The average molecular weight is 384 g/mol. The lowest BCUT2D eigenvalue weighted by atomic mass is 10.2. The normalized spacial score (nSPS) is 11.8. The number of carbonyl (C=O) groups is 1. The predicted molar refractivity (Wildman–Crippen MR) is 93.7 cm³/mol. The first-order valence-corrected chi connectivity index (χ1v) is 8.64.